The zero-order valence-corrected chi connectivity index (χ0v) is 14.4. The highest BCUT2D eigenvalue weighted by Gasteiger charge is 2.16. The van der Waals surface area contributed by atoms with Gasteiger partial charge in [0.1, 0.15) is 17.2 Å². The van der Waals surface area contributed by atoms with E-state index in [1.54, 1.807) is 24.3 Å². The lowest BCUT2D eigenvalue weighted by Crippen LogP contribution is -2.08. The highest BCUT2D eigenvalue weighted by atomic mass is 16.5. The molecule has 0 aromatic heterocycles. The van der Waals surface area contributed by atoms with E-state index in [9.17, 15) is 30.3 Å². The summed E-state index contributed by atoms with van der Waals surface area (Å²) in [6.07, 6.45) is 3.43. The Morgan fingerprint density at radius 3 is 1.96 bits per heavy atom. The normalized spacial score (nSPS) is 10.9. The maximum Gasteiger partial charge on any atom is 0.343 e. The van der Waals surface area contributed by atoms with Gasteiger partial charge in [-0.15, -0.1) is 0 Å². The van der Waals surface area contributed by atoms with Crippen molar-refractivity contribution in [1.29, 1.82) is 0 Å². The van der Waals surface area contributed by atoms with Gasteiger partial charge in [-0.25, -0.2) is 4.79 Å². The number of esters is 1. The van der Waals surface area contributed by atoms with Gasteiger partial charge in [-0.05, 0) is 47.5 Å². The fourth-order valence-electron chi connectivity index (χ4n) is 2.43. The Labute approximate surface area is 159 Å². The molecule has 3 rings (SSSR count). The van der Waals surface area contributed by atoms with Gasteiger partial charge in [0.05, 0.1) is 5.56 Å². The van der Waals surface area contributed by atoms with Crippen molar-refractivity contribution in [2.45, 2.75) is 0 Å². The van der Waals surface area contributed by atoms with Crippen LogP contribution in [0.25, 0.3) is 12.2 Å². The van der Waals surface area contributed by atoms with Gasteiger partial charge < -0.3 is 30.3 Å². The van der Waals surface area contributed by atoms with Gasteiger partial charge in [-0.3, -0.25) is 0 Å². The highest BCUT2D eigenvalue weighted by molar-refractivity contribution is 5.92. The van der Waals surface area contributed by atoms with Crippen LogP contribution in [-0.4, -0.2) is 31.5 Å². The van der Waals surface area contributed by atoms with Gasteiger partial charge in [0.15, 0.2) is 17.2 Å². The molecular formula is C21H16O7. The minimum Gasteiger partial charge on any atom is -0.508 e. The number of phenolic OH excluding ortho intramolecular Hbond substituents is 5. The van der Waals surface area contributed by atoms with E-state index < -0.39 is 23.2 Å². The molecule has 28 heavy (non-hydrogen) atoms. The van der Waals surface area contributed by atoms with Crippen molar-refractivity contribution in [2.75, 3.05) is 0 Å². The summed E-state index contributed by atoms with van der Waals surface area (Å²) in [6, 6.07) is 12.6. The van der Waals surface area contributed by atoms with Crippen molar-refractivity contribution in [3.8, 4) is 34.5 Å². The summed E-state index contributed by atoms with van der Waals surface area (Å²) < 4.78 is 5.17. The third kappa shape index (κ3) is 4.34. The van der Waals surface area contributed by atoms with Crippen molar-refractivity contribution in [2.24, 2.45) is 0 Å². The first-order chi connectivity index (χ1) is 13.3. The van der Waals surface area contributed by atoms with E-state index in [-0.39, 0.29) is 22.8 Å². The van der Waals surface area contributed by atoms with Crippen LogP contribution in [-0.2, 0) is 0 Å². The molecule has 0 aliphatic carbocycles. The topological polar surface area (TPSA) is 127 Å². The van der Waals surface area contributed by atoms with Crippen LogP contribution in [0.3, 0.4) is 0 Å². The number of benzene rings is 3. The van der Waals surface area contributed by atoms with Gasteiger partial charge in [0.25, 0.3) is 0 Å². The Hall–Kier alpha value is -4.13. The summed E-state index contributed by atoms with van der Waals surface area (Å²) in [5.74, 6) is -2.91. The second-order valence-electron chi connectivity index (χ2n) is 5.94. The minimum atomic E-state index is -0.898. The van der Waals surface area contributed by atoms with E-state index in [0.717, 1.165) is 17.7 Å². The Morgan fingerprint density at radius 2 is 1.32 bits per heavy atom. The zero-order valence-electron chi connectivity index (χ0n) is 14.4. The predicted molar refractivity (Wildman–Crippen MR) is 102 cm³/mol. The molecule has 0 aliphatic heterocycles. The lowest BCUT2D eigenvalue weighted by Gasteiger charge is -2.08. The van der Waals surface area contributed by atoms with Crippen LogP contribution in [0, 0.1) is 0 Å². The molecule has 0 radical (unpaired) electrons. The first-order valence-electron chi connectivity index (χ1n) is 8.10. The SMILES string of the molecule is O=C(Oc1cc(O)cc(C=Cc2ccc(O)cc2)c1)c1cc(O)c(O)c(O)c1. The largest absolute Gasteiger partial charge is 0.508 e. The molecule has 3 aromatic rings. The van der Waals surface area contributed by atoms with Crippen LogP contribution < -0.4 is 4.74 Å². The number of phenols is 5. The maximum absolute atomic E-state index is 12.2. The first kappa shape index (κ1) is 18.7. The average Bonchev–Trinajstić information content (AvgIpc) is 2.64. The fraction of sp³-hybridized carbons (Fsp3) is 0. The second-order valence-corrected chi connectivity index (χ2v) is 5.94. The molecule has 3 aromatic carbocycles. The van der Waals surface area contributed by atoms with Gasteiger partial charge in [-0.1, -0.05) is 24.3 Å². The molecule has 0 bridgehead atoms. The molecule has 0 unspecified atom stereocenters. The summed E-state index contributed by atoms with van der Waals surface area (Å²) >= 11 is 0. The molecule has 0 saturated carbocycles. The van der Waals surface area contributed by atoms with Crippen LogP contribution in [0.4, 0.5) is 0 Å². The van der Waals surface area contributed by atoms with Crippen LogP contribution in [0.1, 0.15) is 21.5 Å². The van der Waals surface area contributed by atoms with Crippen molar-refractivity contribution in [3.05, 3.63) is 71.3 Å². The molecule has 7 heteroatoms. The van der Waals surface area contributed by atoms with Gasteiger partial charge >= 0.3 is 5.97 Å². The van der Waals surface area contributed by atoms with Gasteiger partial charge in [0.2, 0.25) is 0 Å². The molecule has 7 nitrogen and oxygen atoms in total. The second kappa shape index (κ2) is 7.63. The van der Waals surface area contributed by atoms with E-state index in [2.05, 4.69) is 0 Å². The number of carbonyl (C=O) groups is 1. The van der Waals surface area contributed by atoms with Crippen LogP contribution >= 0.6 is 0 Å². The standard InChI is InChI=1S/C21H16O7/c22-15-5-3-12(4-6-15)1-2-13-7-16(23)11-17(8-13)28-21(27)14-9-18(24)20(26)19(25)10-14/h1-11,22-26H. The molecule has 0 atom stereocenters. The summed E-state index contributed by atoms with van der Waals surface area (Å²) in [5.41, 5.74) is 1.18. The molecule has 0 heterocycles. The Kier molecular flexibility index (Phi) is 5.08. The molecule has 0 aliphatic rings. The number of carbonyl (C=O) groups excluding carboxylic acids is 1. The summed E-state index contributed by atoms with van der Waals surface area (Å²) in [5, 5.41) is 47.5. The third-order valence-electron chi connectivity index (χ3n) is 3.79. The van der Waals surface area contributed by atoms with Gasteiger partial charge in [-0.2, -0.15) is 0 Å². The minimum absolute atomic E-state index is 0.0439. The van der Waals surface area contributed by atoms with E-state index in [0.29, 0.717) is 5.56 Å². The van der Waals surface area contributed by atoms with Crippen molar-refractivity contribution in [1.82, 2.24) is 0 Å². The number of hydrogen-bond donors (Lipinski definition) is 5. The van der Waals surface area contributed by atoms with Crippen molar-refractivity contribution in [3.63, 3.8) is 0 Å². The summed E-state index contributed by atoms with van der Waals surface area (Å²) in [4.78, 5) is 12.2. The van der Waals surface area contributed by atoms with Crippen molar-refractivity contribution >= 4 is 18.1 Å². The molecule has 0 saturated heterocycles. The fourth-order valence-corrected chi connectivity index (χ4v) is 2.43. The van der Waals surface area contributed by atoms with E-state index in [1.807, 2.05) is 0 Å². The zero-order chi connectivity index (χ0) is 20.3. The summed E-state index contributed by atoms with van der Waals surface area (Å²) in [7, 11) is 0. The summed E-state index contributed by atoms with van der Waals surface area (Å²) in [6.45, 7) is 0. The molecule has 142 valence electrons. The van der Waals surface area contributed by atoms with Crippen LogP contribution in [0.15, 0.2) is 54.6 Å². The molecule has 0 fully saturated rings. The lowest BCUT2D eigenvalue weighted by atomic mass is 10.1. The smallest absolute Gasteiger partial charge is 0.343 e. The Balaban J connectivity index is 1.81. The lowest BCUT2D eigenvalue weighted by molar-refractivity contribution is 0.0733. The first-order valence-corrected chi connectivity index (χ1v) is 8.10. The predicted octanol–water partition coefficient (Wildman–Crippen LogP) is 3.60. The van der Waals surface area contributed by atoms with E-state index in [4.69, 9.17) is 4.74 Å². The monoisotopic (exact) mass is 380 g/mol. The van der Waals surface area contributed by atoms with Crippen molar-refractivity contribution < 1.29 is 35.1 Å². The number of rotatable bonds is 4. The quantitative estimate of drug-likeness (QED) is 0.202. The molecule has 5 N–H and O–H groups in total. The van der Waals surface area contributed by atoms with E-state index >= 15 is 0 Å². The molecular weight excluding hydrogens is 364 g/mol. The van der Waals surface area contributed by atoms with Gasteiger partial charge in [0, 0.05) is 6.07 Å². The van der Waals surface area contributed by atoms with Crippen LogP contribution in [0.2, 0.25) is 0 Å². The van der Waals surface area contributed by atoms with Crippen LogP contribution in [0.5, 0.6) is 34.5 Å². The Bertz CT molecular complexity index is 1030. The number of hydrogen-bond acceptors (Lipinski definition) is 7. The highest BCUT2D eigenvalue weighted by Crippen LogP contribution is 2.35. The van der Waals surface area contributed by atoms with E-state index in [1.165, 1.54) is 30.3 Å². The molecule has 0 amide bonds. The average molecular weight is 380 g/mol. The molecule has 0 spiro atoms. The third-order valence-corrected chi connectivity index (χ3v) is 3.79. The maximum atomic E-state index is 12.2. The number of ether oxygens (including phenoxy) is 1. The number of aromatic hydroxyl groups is 5. The Morgan fingerprint density at radius 1 is 0.714 bits per heavy atom.